The van der Waals surface area contributed by atoms with Crippen LogP contribution in [0.2, 0.25) is 0 Å². The molecule has 0 aromatic heterocycles. The van der Waals surface area contributed by atoms with E-state index in [1.807, 2.05) is 27.7 Å². The third-order valence-corrected chi connectivity index (χ3v) is 3.96. The lowest BCUT2D eigenvalue weighted by atomic mass is 9.89. The second kappa shape index (κ2) is 5.39. The normalized spacial score (nSPS) is 20.8. The van der Waals surface area contributed by atoms with Crippen molar-refractivity contribution in [1.29, 1.82) is 0 Å². The molecule has 1 heterocycles. The van der Waals surface area contributed by atoms with Crippen LogP contribution < -0.4 is 0 Å². The molecule has 2 rings (SSSR count). The third-order valence-electron chi connectivity index (χ3n) is 3.96. The molecule has 0 bridgehead atoms. The van der Waals surface area contributed by atoms with Gasteiger partial charge in [-0.15, -0.1) is 0 Å². The summed E-state index contributed by atoms with van der Waals surface area (Å²) < 4.78 is 62.6. The predicted molar refractivity (Wildman–Crippen MR) is 76.5 cm³/mol. The Morgan fingerprint density at radius 2 is 1.55 bits per heavy atom. The monoisotopic (exact) mass is 316 g/mol. The number of hydrogen-bond donors (Lipinski definition) is 0. The van der Waals surface area contributed by atoms with Gasteiger partial charge >= 0.3 is 13.3 Å². The molecule has 0 saturated carbocycles. The molecule has 0 N–H and O–H groups in total. The van der Waals surface area contributed by atoms with Crippen LogP contribution in [0, 0.1) is 5.82 Å². The van der Waals surface area contributed by atoms with E-state index in [1.165, 1.54) is 12.1 Å². The predicted octanol–water partition coefficient (Wildman–Crippen LogP) is 4.49. The Hall–Kier alpha value is -1.34. The van der Waals surface area contributed by atoms with Crippen LogP contribution in [0.1, 0.15) is 38.8 Å². The van der Waals surface area contributed by atoms with Gasteiger partial charge in [-0.3, -0.25) is 0 Å². The molecule has 1 aromatic rings. The van der Waals surface area contributed by atoms with Crippen LogP contribution in [-0.4, -0.2) is 18.3 Å². The van der Waals surface area contributed by atoms with Crippen molar-refractivity contribution in [2.24, 2.45) is 0 Å². The van der Waals surface area contributed by atoms with Gasteiger partial charge < -0.3 is 9.31 Å². The molecule has 0 atom stereocenters. The molecule has 0 amide bonds. The molecular formula is C15H17BF4O2. The van der Waals surface area contributed by atoms with Gasteiger partial charge in [-0.25, -0.2) is 4.39 Å². The molecule has 0 radical (unpaired) electrons. The third kappa shape index (κ3) is 3.52. The van der Waals surface area contributed by atoms with Crippen molar-refractivity contribution >= 4 is 13.2 Å². The van der Waals surface area contributed by atoms with Crippen LogP contribution in [0.15, 0.2) is 24.2 Å². The molecular weight excluding hydrogens is 299 g/mol. The fourth-order valence-corrected chi connectivity index (χ4v) is 2.03. The van der Waals surface area contributed by atoms with Gasteiger partial charge in [0.15, 0.2) is 0 Å². The van der Waals surface area contributed by atoms with Crippen molar-refractivity contribution in [2.75, 3.05) is 0 Å². The van der Waals surface area contributed by atoms with E-state index in [4.69, 9.17) is 9.31 Å². The van der Waals surface area contributed by atoms with E-state index in [2.05, 4.69) is 0 Å². The Kier molecular flexibility index (Phi) is 4.17. The summed E-state index contributed by atoms with van der Waals surface area (Å²) in [5, 5.41) is 0. The molecule has 0 spiro atoms. The summed E-state index contributed by atoms with van der Waals surface area (Å²) in [6.45, 7) is 7.46. The average molecular weight is 316 g/mol. The Morgan fingerprint density at radius 1 is 1.00 bits per heavy atom. The zero-order valence-corrected chi connectivity index (χ0v) is 12.8. The first kappa shape index (κ1) is 17.0. The lowest BCUT2D eigenvalue weighted by Gasteiger charge is -2.32. The van der Waals surface area contributed by atoms with Crippen molar-refractivity contribution in [3.63, 3.8) is 0 Å². The fourth-order valence-electron chi connectivity index (χ4n) is 2.03. The number of alkyl halides is 3. The molecule has 22 heavy (non-hydrogen) atoms. The summed E-state index contributed by atoms with van der Waals surface area (Å²) >= 11 is 0. The fraction of sp³-hybridized carbons (Fsp3) is 0.467. The van der Waals surface area contributed by atoms with Crippen molar-refractivity contribution < 1.29 is 26.9 Å². The van der Waals surface area contributed by atoms with Crippen LogP contribution >= 0.6 is 0 Å². The minimum atomic E-state index is -4.59. The molecule has 0 aliphatic carbocycles. The first-order chi connectivity index (χ1) is 9.91. The summed E-state index contributed by atoms with van der Waals surface area (Å²) in [5.74, 6) is 0.536. The smallest absolute Gasteiger partial charge is 0.400 e. The topological polar surface area (TPSA) is 18.5 Å². The van der Waals surface area contributed by atoms with E-state index in [1.54, 1.807) is 0 Å². The van der Waals surface area contributed by atoms with Gasteiger partial charge in [-0.2, -0.15) is 13.2 Å². The molecule has 2 nitrogen and oxygen atoms in total. The minimum absolute atomic E-state index is 0.0991. The highest BCUT2D eigenvalue weighted by molar-refractivity contribution is 6.52. The molecule has 1 aliphatic rings. The highest BCUT2D eigenvalue weighted by Crippen LogP contribution is 2.37. The van der Waals surface area contributed by atoms with Crippen LogP contribution in [0.5, 0.6) is 0 Å². The SMILES string of the molecule is CC1(C)OB(/C=C/c2cc(F)cc(C(F)(F)F)c2)OC1(C)C. The van der Waals surface area contributed by atoms with Gasteiger partial charge in [0.05, 0.1) is 16.8 Å². The second-order valence-electron chi connectivity index (χ2n) is 6.25. The first-order valence-corrected chi connectivity index (χ1v) is 6.82. The van der Waals surface area contributed by atoms with Crippen LogP contribution in [0.3, 0.4) is 0 Å². The highest BCUT2D eigenvalue weighted by Gasteiger charge is 2.50. The van der Waals surface area contributed by atoms with Gasteiger partial charge in [-0.1, -0.05) is 12.1 Å². The van der Waals surface area contributed by atoms with Crippen molar-refractivity contribution in [2.45, 2.75) is 45.1 Å². The number of rotatable bonds is 2. The van der Waals surface area contributed by atoms with Gasteiger partial charge in [0.1, 0.15) is 5.82 Å². The zero-order chi connectivity index (χ0) is 16.8. The Labute approximate surface area is 127 Å². The quantitative estimate of drug-likeness (QED) is 0.591. The summed E-state index contributed by atoms with van der Waals surface area (Å²) in [5.41, 5.74) is -2.01. The molecule has 7 heteroatoms. The van der Waals surface area contributed by atoms with Crippen LogP contribution in [0.25, 0.3) is 6.08 Å². The van der Waals surface area contributed by atoms with Crippen LogP contribution in [0.4, 0.5) is 17.6 Å². The largest absolute Gasteiger partial charge is 0.487 e. The second-order valence-corrected chi connectivity index (χ2v) is 6.25. The average Bonchev–Trinajstić information content (AvgIpc) is 2.53. The summed E-state index contributed by atoms with van der Waals surface area (Å²) in [4.78, 5) is 0. The van der Waals surface area contributed by atoms with Gasteiger partial charge in [-0.05, 0) is 51.5 Å². The summed E-state index contributed by atoms with van der Waals surface area (Å²) in [7, 11) is -0.692. The molecule has 1 aromatic carbocycles. The zero-order valence-electron chi connectivity index (χ0n) is 12.8. The molecule has 120 valence electrons. The summed E-state index contributed by atoms with van der Waals surface area (Å²) in [6.07, 6.45) is -3.23. The van der Waals surface area contributed by atoms with Gasteiger partial charge in [0.25, 0.3) is 0 Å². The van der Waals surface area contributed by atoms with Crippen molar-refractivity contribution in [3.8, 4) is 0 Å². The Balaban J connectivity index is 2.20. The lowest BCUT2D eigenvalue weighted by molar-refractivity contribution is -0.137. The van der Waals surface area contributed by atoms with Gasteiger partial charge in [0, 0.05) is 0 Å². The first-order valence-electron chi connectivity index (χ1n) is 6.82. The van der Waals surface area contributed by atoms with Crippen molar-refractivity contribution in [1.82, 2.24) is 0 Å². The highest BCUT2D eigenvalue weighted by atomic mass is 19.4. The number of halogens is 4. The van der Waals surface area contributed by atoms with E-state index in [9.17, 15) is 17.6 Å². The van der Waals surface area contributed by atoms with E-state index < -0.39 is 35.9 Å². The standard InChI is InChI=1S/C15H17BF4O2/c1-13(2)14(3,4)22-16(21-13)6-5-10-7-11(15(18,19)20)9-12(17)8-10/h5-9H,1-4H3/b6-5+. The summed E-state index contributed by atoms with van der Waals surface area (Å²) in [6, 6.07) is 2.37. The number of benzene rings is 1. The molecule has 1 fully saturated rings. The molecule has 0 unspecified atom stereocenters. The van der Waals surface area contributed by atoms with E-state index >= 15 is 0 Å². The van der Waals surface area contributed by atoms with E-state index in [0.717, 1.165) is 12.1 Å². The number of hydrogen-bond acceptors (Lipinski definition) is 2. The minimum Gasteiger partial charge on any atom is -0.400 e. The maximum Gasteiger partial charge on any atom is 0.487 e. The van der Waals surface area contributed by atoms with Crippen molar-refractivity contribution in [3.05, 3.63) is 41.1 Å². The Morgan fingerprint density at radius 3 is 2.05 bits per heavy atom. The molecule has 1 saturated heterocycles. The maximum atomic E-state index is 13.3. The van der Waals surface area contributed by atoms with E-state index in [-0.39, 0.29) is 5.56 Å². The Bertz CT molecular complexity index is 578. The maximum absolute atomic E-state index is 13.3. The molecule has 1 aliphatic heterocycles. The van der Waals surface area contributed by atoms with Crippen LogP contribution in [-0.2, 0) is 15.5 Å². The lowest BCUT2D eigenvalue weighted by Crippen LogP contribution is -2.41. The van der Waals surface area contributed by atoms with E-state index in [0.29, 0.717) is 6.07 Å². The van der Waals surface area contributed by atoms with Gasteiger partial charge in [0.2, 0.25) is 0 Å².